The van der Waals surface area contributed by atoms with Crippen LogP contribution in [0, 0.1) is 0 Å². The highest BCUT2D eigenvalue weighted by Crippen LogP contribution is 2.38. The molecule has 8 aromatic rings. The van der Waals surface area contributed by atoms with Gasteiger partial charge in [-0.3, -0.25) is 38.4 Å². The molecule has 0 saturated carbocycles. The van der Waals surface area contributed by atoms with E-state index in [-0.39, 0.29) is 90.0 Å². The van der Waals surface area contributed by atoms with Crippen LogP contribution in [-0.2, 0) is 6.42 Å². The van der Waals surface area contributed by atoms with Crippen molar-refractivity contribution in [2.24, 2.45) is 0 Å². The number of hydrogen-bond donors (Lipinski definition) is 2. The highest BCUT2D eigenvalue weighted by atomic mass is 16.5. The summed E-state index contributed by atoms with van der Waals surface area (Å²) in [5.74, 6) is -6.21. The molecular formula is C59H32N4O14. The molecule has 4 heterocycles. The number of carboxylic acids is 2. The second-order valence-corrected chi connectivity index (χ2v) is 18.0. The maximum Gasteiger partial charge on any atom is 0.335 e. The second-order valence-electron chi connectivity index (χ2n) is 18.0. The number of hydrogen-bond acceptors (Lipinski definition) is 12. The molecule has 372 valence electrons. The number of imide groups is 4. The Morgan fingerprint density at radius 2 is 0.519 bits per heavy atom. The summed E-state index contributed by atoms with van der Waals surface area (Å²) in [5, 5.41) is 18.5. The predicted molar refractivity (Wildman–Crippen MR) is 273 cm³/mol. The first-order valence-electron chi connectivity index (χ1n) is 23.4. The van der Waals surface area contributed by atoms with E-state index >= 15 is 0 Å². The number of amides is 8. The van der Waals surface area contributed by atoms with Crippen molar-refractivity contribution in [3.05, 3.63) is 237 Å². The van der Waals surface area contributed by atoms with Gasteiger partial charge in [0.15, 0.2) is 0 Å². The first-order valence-corrected chi connectivity index (χ1v) is 23.4. The highest BCUT2D eigenvalue weighted by molar-refractivity contribution is 6.37. The van der Waals surface area contributed by atoms with Gasteiger partial charge in [0.2, 0.25) is 0 Å². The number of carboxylic acid groups (broad SMARTS) is 2. The van der Waals surface area contributed by atoms with Crippen molar-refractivity contribution >= 4 is 81.9 Å². The lowest BCUT2D eigenvalue weighted by Crippen LogP contribution is -2.29. The third kappa shape index (κ3) is 7.84. The fourth-order valence-corrected chi connectivity index (χ4v) is 9.61. The molecule has 0 unspecified atom stereocenters. The smallest absolute Gasteiger partial charge is 0.335 e. The molecule has 2 N–H and O–H groups in total. The molecule has 0 bridgehead atoms. The van der Waals surface area contributed by atoms with Gasteiger partial charge in [-0.1, -0.05) is 24.3 Å². The Morgan fingerprint density at radius 1 is 0.299 bits per heavy atom. The molecule has 4 aliphatic heterocycles. The average molecular weight is 1020 g/mol. The second kappa shape index (κ2) is 17.8. The van der Waals surface area contributed by atoms with Crippen LogP contribution >= 0.6 is 0 Å². The number of ether oxygens (including phenoxy) is 2. The lowest BCUT2D eigenvalue weighted by Gasteiger charge is -2.15. The number of benzene rings is 8. The minimum absolute atomic E-state index is 0.00609. The monoisotopic (exact) mass is 1020 g/mol. The third-order valence-corrected chi connectivity index (χ3v) is 13.4. The van der Waals surface area contributed by atoms with Gasteiger partial charge in [0.05, 0.1) is 78.4 Å². The molecule has 0 atom stereocenters. The van der Waals surface area contributed by atoms with Crippen LogP contribution in [0.3, 0.4) is 0 Å². The molecule has 0 saturated heterocycles. The summed E-state index contributed by atoms with van der Waals surface area (Å²) >= 11 is 0. The van der Waals surface area contributed by atoms with Gasteiger partial charge in [0.25, 0.3) is 47.3 Å². The van der Waals surface area contributed by atoms with Crippen molar-refractivity contribution in [1.29, 1.82) is 0 Å². The van der Waals surface area contributed by atoms with Gasteiger partial charge in [-0.25, -0.2) is 29.2 Å². The number of fused-ring (bicyclic) bond motifs is 4. The van der Waals surface area contributed by atoms with Gasteiger partial charge in [-0.15, -0.1) is 0 Å². The van der Waals surface area contributed by atoms with Gasteiger partial charge in [0, 0.05) is 0 Å². The van der Waals surface area contributed by atoms with E-state index in [1.54, 1.807) is 48.5 Å². The van der Waals surface area contributed by atoms with E-state index in [1.165, 1.54) is 121 Å². The van der Waals surface area contributed by atoms with Crippen LogP contribution in [0.4, 0.5) is 22.7 Å². The topological polar surface area (TPSA) is 243 Å². The maximum absolute atomic E-state index is 13.8. The quantitative estimate of drug-likeness (QED) is 0.108. The molecule has 4 aliphatic rings. The molecule has 77 heavy (non-hydrogen) atoms. The number of carbonyl (C=O) groups is 10. The van der Waals surface area contributed by atoms with E-state index in [4.69, 9.17) is 9.47 Å². The molecule has 0 fully saturated rings. The molecule has 8 amide bonds. The number of nitrogens with zero attached hydrogens (tertiary/aromatic N) is 4. The van der Waals surface area contributed by atoms with E-state index in [0.717, 1.165) is 30.7 Å². The SMILES string of the molecule is O=C(O)c1ccc(N2C(=O)c3ccc(Oc4ccc5c(c4)C(=O)N(c4ccc(Cc6ccc(N7C(=O)c8ccc(Oc9ccc%10c(c9)C(=O)N(c9ccc(C(=O)O)cc9)C%10=O)cc8C7=O)cc6)cc4)C5=O)cc3C2=O)cc1. The first kappa shape index (κ1) is 46.9. The largest absolute Gasteiger partial charge is 0.478 e. The van der Waals surface area contributed by atoms with Crippen molar-refractivity contribution in [3.8, 4) is 23.0 Å². The number of anilines is 4. The zero-order valence-electron chi connectivity index (χ0n) is 39.5. The predicted octanol–water partition coefficient (Wildman–Crippen LogP) is 9.46. The molecule has 12 rings (SSSR count). The summed E-state index contributed by atoms with van der Waals surface area (Å²) in [6.07, 6.45) is 0.424. The van der Waals surface area contributed by atoms with Crippen LogP contribution in [-0.4, -0.2) is 69.4 Å². The van der Waals surface area contributed by atoms with Crippen LogP contribution in [0.25, 0.3) is 0 Å². The van der Waals surface area contributed by atoms with Crippen molar-refractivity contribution in [2.45, 2.75) is 6.42 Å². The molecule has 0 radical (unpaired) electrons. The van der Waals surface area contributed by atoms with Gasteiger partial charge >= 0.3 is 11.9 Å². The van der Waals surface area contributed by atoms with Crippen LogP contribution in [0.15, 0.2) is 170 Å². The summed E-state index contributed by atoms with van der Waals surface area (Å²) in [5.41, 5.74) is 3.61. The van der Waals surface area contributed by atoms with E-state index in [2.05, 4.69) is 0 Å². The van der Waals surface area contributed by atoms with Crippen molar-refractivity contribution < 1.29 is 67.6 Å². The van der Waals surface area contributed by atoms with Crippen LogP contribution in [0.1, 0.15) is 115 Å². The van der Waals surface area contributed by atoms with E-state index in [9.17, 15) is 58.2 Å². The number of carbonyl (C=O) groups excluding carboxylic acids is 8. The summed E-state index contributed by atoms with van der Waals surface area (Å²) < 4.78 is 12.0. The Hall–Kier alpha value is -11.1. The van der Waals surface area contributed by atoms with Crippen molar-refractivity contribution in [3.63, 3.8) is 0 Å². The molecule has 0 aromatic heterocycles. The summed E-state index contributed by atoms with van der Waals surface area (Å²) in [6.45, 7) is 0. The van der Waals surface area contributed by atoms with Gasteiger partial charge in [-0.05, 0) is 163 Å². The van der Waals surface area contributed by atoms with E-state index < -0.39 is 59.2 Å². The summed E-state index contributed by atoms with van der Waals surface area (Å²) in [4.78, 5) is 134. The van der Waals surface area contributed by atoms with Crippen molar-refractivity contribution in [1.82, 2.24) is 0 Å². The molecule has 18 heteroatoms. The molecular weight excluding hydrogens is 989 g/mol. The first-order chi connectivity index (χ1) is 37.1. The van der Waals surface area contributed by atoms with Crippen molar-refractivity contribution in [2.75, 3.05) is 19.6 Å². The minimum Gasteiger partial charge on any atom is -0.478 e. The van der Waals surface area contributed by atoms with E-state index in [0.29, 0.717) is 17.8 Å². The fourth-order valence-electron chi connectivity index (χ4n) is 9.61. The Morgan fingerprint density at radius 3 is 0.753 bits per heavy atom. The third-order valence-electron chi connectivity index (χ3n) is 13.4. The Bertz CT molecular complexity index is 3760. The minimum atomic E-state index is -1.15. The Balaban J connectivity index is 0.678. The van der Waals surface area contributed by atoms with Gasteiger partial charge in [0.1, 0.15) is 23.0 Å². The summed E-state index contributed by atoms with van der Waals surface area (Å²) in [7, 11) is 0. The average Bonchev–Trinajstić information content (AvgIpc) is 4.03. The Kier molecular flexibility index (Phi) is 10.8. The van der Waals surface area contributed by atoms with E-state index in [1.807, 2.05) is 0 Å². The van der Waals surface area contributed by atoms with Gasteiger partial charge < -0.3 is 19.7 Å². The highest BCUT2D eigenvalue weighted by Gasteiger charge is 2.41. The Labute approximate surface area is 433 Å². The zero-order chi connectivity index (χ0) is 53.6. The molecule has 0 spiro atoms. The number of aromatic carboxylic acids is 2. The standard InChI is InChI=1S/C59H32N4O14/c64-50-42-21-17-38(76-40-19-23-44-48(28-40)56(70)62(52(44)66)36-13-5-32(6-14-36)58(72)73)26-46(42)54(68)60(50)34-9-1-30(2-10-34)25-31-3-11-35(12-4-31)61-51(65)43-22-18-39(27-47(43)55(61)69)77-41-20-24-45-49(29-41)57(71)63(53(45)67)37-15-7-33(8-16-37)59(74)75/h1-24,26-29H,25H2,(H,72,73)(H,74,75). The number of rotatable bonds is 12. The lowest BCUT2D eigenvalue weighted by molar-refractivity contribution is 0.0686. The van der Waals surface area contributed by atoms with Crippen LogP contribution < -0.4 is 29.1 Å². The molecule has 0 aliphatic carbocycles. The zero-order valence-corrected chi connectivity index (χ0v) is 39.5. The molecule has 18 nitrogen and oxygen atoms in total. The van der Waals surface area contributed by atoms with Crippen LogP contribution in [0.2, 0.25) is 0 Å². The fraction of sp³-hybridized carbons (Fsp3) is 0.0169. The normalized spacial score (nSPS) is 14.3. The van der Waals surface area contributed by atoms with Gasteiger partial charge in [-0.2, -0.15) is 0 Å². The summed E-state index contributed by atoms with van der Waals surface area (Å²) in [6, 6.07) is 41.8. The maximum atomic E-state index is 13.8. The molecule has 8 aromatic carbocycles. The van der Waals surface area contributed by atoms with Crippen LogP contribution in [0.5, 0.6) is 23.0 Å². The lowest BCUT2D eigenvalue weighted by atomic mass is 10.0.